The summed E-state index contributed by atoms with van der Waals surface area (Å²) in [5, 5.41) is 11.6. The van der Waals surface area contributed by atoms with Gasteiger partial charge in [0.15, 0.2) is 11.5 Å². The van der Waals surface area contributed by atoms with Gasteiger partial charge in [-0.1, -0.05) is 6.07 Å². The van der Waals surface area contributed by atoms with Crippen LogP contribution in [0.25, 0.3) is 0 Å². The molecule has 1 aliphatic heterocycles. The number of hydrogen-bond donors (Lipinski definition) is 1. The fraction of sp³-hybridized carbons (Fsp3) is 0.385. The first-order valence-electron chi connectivity index (χ1n) is 5.61. The van der Waals surface area contributed by atoms with Gasteiger partial charge in [0.1, 0.15) is 5.41 Å². The third-order valence-electron chi connectivity index (χ3n) is 2.74. The molecule has 1 heterocycles. The van der Waals surface area contributed by atoms with Crippen molar-refractivity contribution in [2.45, 2.75) is 20.4 Å². The van der Waals surface area contributed by atoms with Crippen molar-refractivity contribution in [1.29, 1.82) is 5.26 Å². The van der Waals surface area contributed by atoms with Crippen LogP contribution >= 0.6 is 0 Å². The predicted octanol–water partition coefficient (Wildman–Crippen LogP) is 1.58. The number of amides is 1. The van der Waals surface area contributed by atoms with Crippen LogP contribution in [0.1, 0.15) is 19.4 Å². The van der Waals surface area contributed by atoms with E-state index in [1.807, 2.05) is 18.2 Å². The molecule has 18 heavy (non-hydrogen) atoms. The van der Waals surface area contributed by atoms with E-state index in [0.717, 1.165) is 5.56 Å². The fourth-order valence-electron chi connectivity index (χ4n) is 1.50. The third-order valence-corrected chi connectivity index (χ3v) is 2.74. The number of fused-ring (bicyclic) bond motifs is 1. The van der Waals surface area contributed by atoms with E-state index in [-0.39, 0.29) is 12.7 Å². The van der Waals surface area contributed by atoms with E-state index >= 15 is 0 Å². The van der Waals surface area contributed by atoms with Crippen LogP contribution in [0.15, 0.2) is 18.2 Å². The van der Waals surface area contributed by atoms with Crippen molar-refractivity contribution in [2.24, 2.45) is 5.41 Å². The molecular weight excluding hydrogens is 232 g/mol. The number of nitriles is 1. The van der Waals surface area contributed by atoms with Gasteiger partial charge in [-0.3, -0.25) is 4.79 Å². The van der Waals surface area contributed by atoms with Crippen molar-refractivity contribution in [1.82, 2.24) is 5.32 Å². The lowest BCUT2D eigenvalue weighted by Crippen LogP contribution is -2.35. The average molecular weight is 246 g/mol. The SMILES string of the molecule is CC(C)(C#N)C(=O)NCc1ccc2c(c1)OCO2. The lowest BCUT2D eigenvalue weighted by atomic mass is 9.95. The first kappa shape index (κ1) is 12.2. The largest absolute Gasteiger partial charge is 0.454 e. The molecule has 0 unspecified atom stereocenters. The van der Waals surface area contributed by atoms with E-state index in [4.69, 9.17) is 14.7 Å². The second-order valence-corrected chi connectivity index (χ2v) is 4.61. The lowest BCUT2D eigenvalue weighted by Gasteiger charge is -2.15. The van der Waals surface area contributed by atoms with Gasteiger partial charge in [-0.2, -0.15) is 5.26 Å². The quantitative estimate of drug-likeness (QED) is 0.879. The summed E-state index contributed by atoms with van der Waals surface area (Å²) in [5.41, 5.74) is -0.114. The minimum atomic E-state index is -1.02. The topological polar surface area (TPSA) is 71.4 Å². The van der Waals surface area contributed by atoms with Crippen molar-refractivity contribution in [3.63, 3.8) is 0 Å². The van der Waals surface area contributed by atoms with Crippen LogP contribution in [0.2, 0.25) is 0 Å². The van der Waals surface area contributed by atoms with Gasteiger partial charge in [0, 0.05) is 6.54 Å². The molecule has 1 aromatic rings. The minimum Gasteiger partial charge on any atom is -0.454 e. The molecule has 94 valence electrons. The van der Waals surface area contributed by atoms with Gasteiger partial charge < -0.3 is 14.8 Å². The van der Waals surface area contributed by atoms with Crippen LogP contribution in [-0.2, 0) is 11.3 Å². The van der Waals surface area contributed by atoms with E-state index in [2.05, 4.69) is 5.32 Å². The Balaban J connectivity index is 1.99. The van der Waals surface area contributed by atoms with E-state index in [0.29, 0.717) is 18.0 Å². The number of carbonyl (C=O) groups excluding carboxylic acids is 1. The molecule has 0 atom stereocenters. The normalized spacial score (nSPS) is 12.9. The summed E-state index contributed by atoms with van der Waals surface area (Å²) in [6, 6.07) is 7.44. The summed E-state index contributed by atoms with van der Waals surface area (Å²) in [4.78, 5) is 11.7. The van der Waals surface area contributed by atoms with E-state index in [9.17, 15) is 4.79 Å². The highest BCUT2D eigenvalue weighted by Gasteiger charge is 2.26. The Labute approximate surface area is 105 Å². The molecule has 1 aromatic carbocycles. The maximum Gasteiger partial charge on any atom is 0.240 e. The van der Waals surface area contributed by atoms with Crippen LogP contribution < -0.4 is 14.8 Å². The standard InChI is InChI=1S/C13H14N2O3/c1-13(2,7-14)12(16)15-6-9-3-4-10-11(5-9)18-8-17-10/h3-5H,6,8H2,1-2H3,(H,15,16). The molecule has 0 spiro atoms. The highest BCUT2D eigenvalue weighted by atomic mass is 16.7. The molecule has 5 nitrogen and oxygen atoms in total. The first-order valence-corrected chi connectivity index (χ1v) is 5.61. The zero-order valence-corrected chi connectivity index (χ0v) is 10.3. The average Bonchev–Trinajstić information content (AvgIpc) is 2.83. The zero-order valence-electron chi connectivity index (χ0n) is 10.3. The second kappa shape index (κ2) is 4.57. The molecule has 0 aromatic heterocycles. The number of rotatable bonds is 3. The third kappa shape index (κ3) is 2.38. The molecule has 1 N–H and O–H groups in total. The summed E-state index contributed by atoms with van der Waals surface area (Å²) in [5.74, 6) is 1.10. The number of carbonyl (C=O) groups is 1. The maximum atomic E-state index is 11.7. The Morgan fingerprint density at radius 1 is 1.44 bits per heavy atom. The molecule has 1 amide bonds. The number of nitrogens with zero attached hydrogens (tertiary/aromatic N) is 1. The molecule has 0 radical (unpaired) electrons. The fourth-order valence-corrected chi connectivity index (χ4v) is 1.50. The Morgan fingerprint density at radius 2 is 2.17 bits per heavy atom. The summed E-state index contributed by atoms with van der Waals surface area (Å²) >= 11 is 0. The highest BCUT2D eigenvalue weighted by molar-refractivity contribution is 5.84. The zero-order chi connectivity index (χ0) is 13.2. The van der Waals surface area contributed by atoms with Crippen molar-refractivity contribution in [3.8, 4) is 17.6 Å². The van der Waals surface area contributed by atoms with E-state index in [1.165, 1.54) is 0 Å². The van der Waals surface area contributed by atoms with Crippen molar-refractivity contribution >= 4 is 5.91 Å². The van der Waals surface area contributed by atoms with E-state index < -0.39 is 5.41 Å². The first-order chi connectivity index (χ1) is 8.53. The lowest BCUT2D eigenvalue weighted by molar-refractivity contribution is -0.126. The monoisotopic (exact) mass is 246 g/mol. The molecule has 1 aliphatic rings. The van der Waals surface area contributed by atoms with Gasteiger partial charge in [0.2, 0.25) is 12.7 Å². The molecule has 0 fully saturated rings. The number of nitrogens with one attached hydrogen (secondary N) is 1. The molecule has 0 aliphatic carbocycles. The van der Waals surface area contributed by atoms with E-state index in [1.54, 1.807) is 19.9 Å². The minimum absolute atomic E-state index is 0.229. The van der Waals surface area contributed by atoms with Gasteiger partial charge in [0.05, 0.1) is 6.07 Å². The highest BCUT2D eigenvalue weighted by Crippen LogP contribution is 2.32. The number of benzene rings is 1. The smallest absolute Gasteiger partial charge is 0.240 e. The van der Waals surface area contributed by atoms with Crippen LogP contribution in [0.4, 0.5) is 0 Å². The van der Waals surface area contributed by atoms with Crippen LogP contribution in [0.5, 0.6) is 11.5 Å². The van der Waals surface area contributed by atoms with Gasteiger partial charge >= 0.3 is 0 Å². The van der Waals surface area contributed by atoms with Crippen LogP contribution in [-0.4, -0.2) is 12.7 Å². The second-order valence-electron chi connectivity index (χ2n) is 4.61. The van der Waals surface area contributed by atoms with Gasteiger partial charge in [-0.15, -0.1) is 0 Å². The summed E-state index contributed by atoms with van der Waals surface area (Å²) in [6.45, 7) is 3.76. The van der Waals surface area contributed by atoms with Crippen LogP contribution in [0, 0.1) is 16.7 Å². The van der Waals surface area contributed by atoms with Crippen molar-refractivity contribution < 1.29 is 14.3 Å². The molecule has 0 saturated carbocycles. The maximum absolute atomic E-state index is 11.7. The van der Waals surface area contributed by atoms with Crippen LogP contribution in [0.3, 0.4) is 0 Å². The Hall–Kier alpha value is -2.22. The molecular formula is C13H14N2O3. The molecule has 5 heteroatoms. The van der Waals surface area contributed by atoms with Gasteiger partial charge in [0.25, 0.3) is 0 Å². The van der Waals surface area contributed by atoms with Gasteiger partial charge in [-0.25, -0.2) is 0 Å². The van der Waals surface area contributed by atoms with Crippen molar-refractivity contribution in [2.75, 3.05) is 6.79 Å². The Bertz CT molecular complexity index is 517. The molecule has 0 saturated heterocycles. The molecule has 2 rings (SSSR count). The predicted molar refractivity (Wildman–Crippen MR) is 63.8 cm³/mol. The van der Waals surface area contributed by atoms with Gasteiger partial charge in [-0.05, 0) is 31.5 Å². The number of ether oxygens (including phenoxy) is 2. The van der Waals surface area contributed by atoms with Crippen molar-refractivity contribution in [3.05, 3.63) is 23.8 Å². The molecule has 0 bridgehead atoms. The Morgan fingerprint density at radius 3 is 2.89 bits per heavy atom. The summed E-state index contributed by atoms with van der Waals surface area (Å²) in [7, 11) is 0. The number of hydrogen-bond acceptors (Lipinski definition) is 4. The summed E-state index contributed by atoms with van der Waals surface area (Å²) in [6.07, 6.45) is 0. The summed E-state index contributed by atoms with van der Waals surface area (Å²) < 4.78 is 10.4. The Kier molecular flexibility index (Phi) is 3.11.